The minimum Gasteiger partial charge on any atom is -0.446 e. The highest BCUT2D eigenvalue weighted by molar-refractivity contribution is 5.67. The molecule has 0 saturated heterocycles. The molecule has 128 valence electrons. The zero-order valence-corrected chi connectivity index (χ0v) is 14.5. The lowest BCUT2D eigenvalue weighted by Gasteiger charge is -2.36. The first kappa shape index (κ1) is 17.6. The second-order valence-electron chi connectivity index (χ2n) is 7.19. The molecule has 1 aromatic carbocycles. The van der Waals surface area contributed by atoms with Gasteiger partial charge in [-0.05, 0) is 54.7 Å². The second-order valence-corrected chi connectivity index (χ2v) is 7.19. The van der Waals surface area contributed by atoms with Gasteiger partial charge in [-0.1, -0.05) is 39.3 Å². The summed E-state index contributed by atoms with van der Waals surface area (Å²) < 4.78 is 5.72. The summed E-state index contributed by atoms with van der Waals surface area (Å²) >= 11 is 0. The van der Waals surface area contributed by atoms with Crippen molar-refractivity contribution >= 4 is 11.8 Å². The maximum atomic E-state index is 12.1. The number of nitrogens with one attached hydrogen (secondary N) is 1. The molecule has 1 fully saturated rings. The molecule has 0 heterocycles. The highest BCUT2D eigenvalue weighted by Crippen LogP contribution is 2.35. The minimum absolute atomic E-state index is 0.0512. The van der Waals surface area contributed by atoms with Crippen LogP contribution in [0, 0.1) is 17.8 Å². The van der Waals surface area contributed by atoms with Gasteiger partial charge in [0.05, 0.1) is 0 Å². The van der Waals surface area contributed by atoms with E-state index in [1.807, 2.05) is 24.3 Å². The Morgan fingerprint density at radius 2 is 2.00 bits per heavy atom. The third-order valence-electron chi connectivity index (χ3n) is 4.88. The molecule has 0 bridgehead atoms. The number of alkyl carbamates (subject to hydrolysis) is 1. The molecule has 2 rings (SSSR count). The SMILES string of the molecule is CC1CCC(C(C)C)C(OC(=O)NCCc2ccc(N)cc2)C1. The van der Waals surface area contributed by atoms with Gasteiger partial charge in [0.25, 0.3) is 0 Å². The molecule has 3 atom stereocenters. The first-order valence-corrected chi connectivity index (χ1v) is 8.74. The predicted molar refractivity (Wildman–Crippen MR) is 94.2 cm³/mol. The first-order chi connectivity index (χ1) is 11.0. The van der Waals surface area contributed by atoms with Crippen molar-refractivity contribution in [3.8, 4) is 0 Å². The van der Waals surface area contributed by atoms with Crippen molar-refractivity contribution < 1.29 is 9.53 Å². The van der Waals surface area contributed by atoms with Crippen molar-refractivity contribution in [2.75, 3.05) is 12.3 Å². The predicted octanol–water partition coefficient (Wildman–Crippen LogP) is 4.00. The van der Waals surface area contributed by atoms with Crippen LogP contribution < -0.4 is 11.1 Å². The van der Waals surface area contributed by atoms with Crippen LogP contribution in [0.4, 0.5) is 10.5 Å². The van der Waals surface area contributed by atoms with Crippen molar-refractivity contribution in [2.24, 2.45) is 17.8 Å². The van der Waals surface area contributed by atoms with Crippen LogP contribution in [0.25, 0.3) is 0 Å². The van der Waals surface area contributed by atoms with Crippen LogP contribution in [0.15, 0.2) is 24.3 Å². The molecule has 1 aromatic rings. The van der Waals surface area contributed by atoms with Crippen LogP contribution in [0.1, 0.15) is 45.6 Å². The first-order valence-electron chi connectivity index (χ1n) is 8.74. The lowest BCUT2D eigenvalue weighted by atomic mass is 9.75. The minimum atomic E-state index is -0.287. The summed E-state index contributed by atoms with van der Waals surface area (Å²) in [6, 6.07) is 7.73. The van der Waals surface area contributed by atoms with Gasteiger partial charge in [-0.3, -0.25) is 0 Å². The highest BCUT2D eigenvalue weighted by atomic mass is 16.6. The standard InChI is InChI=1S/C19H30N2O2/c1-13(2)17-9-4-14(3)12-18(17)23-19(22)21-11-10-15-5-7-16(20)8-6-15/h5-8,13-14,17-18H,4,9-12,20H2,1-3H3,(H,21,22). The van der Waals surface area contributed by atoms with E-state index in [1.165, 1.54) is 6.42 Å². The summed E-state index contributed by atoms with van der Waals surface area (Å²) in [5.74, 6) is 1.67. The van der Waals surface area contributed by atoms with E-state index in [2.05, 4.69) is 26.1 Å². The molecular weight excluding hydrogens is 288 g/mol. The number of rotatable bonds is 5. The Balaban J connectivity index is 1.77. The smallest absolute Gasteiger partial charge is 0.407 e. The number of hydrogen-bond acceptors (Lipinski definition) is 3. The molecule has 4 heteroatoms. The van der Waals surface area contributed by atoms with E-state index < -0.39 is 0 Å². The molecular formula is C19H30N2O2. The van der Waals surface area contributed by atoms with Crippen LogP contribution in [0.2, 0.25) is 0 Å². The van der Waals surface area contributed by atoms with Gasteiger partial charge in [0, 0.05) is 12.2 Å². The number of amides is 1. The van der Waals surface area contributed by atoms with Crippen molar-refractivity contribution in [1.29, 1.82) is 0 Å². The van der Waals surface area contributed by atoms with Crippen molar-refractivity contribution in [2.45, 2.75) is 52.6 Å². The molecule has 4 nitrogen and oxygen atoms in total. The zero-order chi connectivity index (χ0) is 16.8. The van der Waals surface area contributed by atoms with Crippen molar-refractivity contribution in [3.05, 3.63) is 29.8 Å². The number of benzene rings is 1. The molecule has 0 spiro atoms. The Kier molecular flexibility index (Phi) is 6.31. The quantitative estimate of drug-likeness (QED) is 0.807. The van der Waals surface area contributed by atoms with Gasteiger partial charge in [-0.15, -0.1) is 0 Å². The van der Waals surface area contributed by atoms with Crippen LogP contribution in [0.5, 0.6) is 0 Å². The number of carbonyl (C=O) groups excluding carboxylic acids is 1. The molecule has 1 aliphatic rings. The fourth-order valence-corrected chi connectivity index (χ4v) is 3.42. The maximum Gasteiger partial charge on any atom is 0.407 e. The summed E-state index contributed by atoms with van der Waals surface area (Å²) in [5, 5.41) is 2.87. The topological polar surface area (TPSA) is 64.3 Å². The number of hydrogen-bond donors (Lipinski definition) is 2. The summed E-state index contributed by atoms with van der Waals surface area (Å²) in [6.45, 7) is 7.26. The van der Waals surface area contributed by atoms with Gasteiger partial charge in [0.2, 0.25) is 0 Å². The Morgan fingerprint density at radius 3 is 2.65 bits per heavy atom. The molecule has 1 saturated carbocycles. The van der Waals surface area contributed by atoms with E-state index >= 15 is 0 Å². The highest BCUT2D eigenvalue weighted by Gasteiger charge is 2.33. The molecule has 0 aliphatic heterocycles. The summed E-state index contributed by atoms with van der Waals surface area (Å²) in [7, 11) is 0. The molecule has 3 N–H and O–H groups in total. The molecule has 1 amide bonds. The summed E-state index contributed by atoms with van der Waals surface area (Å²) in [5.41, 5.74) is 7.58. The van der Waals surface area contributed by atoms with E-state index in [1.54, 1.807) is 0 Å². The number of ether oxygens (including phenoxy) is 1. The van der Waals surface area contributed by atoms with Gasteiger partial charge in [-0.25, -0.2) is 4.79 Å². The number of carbonyl (C=O) groups is 1. The molecule has 1 aliphatic carbocycles. The number of anilines is 1. The number of nitrogens with two attached hydrogens (primary N) is 1. The Morgan fingerprint density at radius 1 is 1.30 bits per heavy atom. The van der Waals surface area contributed by atoms with E-state index in [0.29, 0.717) is 24.3 Å². The maximum absolute atomic E-state index is 12.1. The van der Waals surface area contributed by atoms with Gasteiger partial charge < -0.3 is 15.8 Å². The van der Waals surface area contributed by atoms with Crippen LogP contribution in [-0.2, 0) is 11.2 Å². The van der Waals surface area contributed by atoms with Crippen LogP contribution in [0.3, 0.4) is 0 Å². The summed E-state index contributed by atoms with van der Waals surface area (Å²) in [6.07, 6.45) is 3.92. The molecule has 23 heavy (non-hydrogen) atoms. The monoisotopic (exact) mass is 318 g/mol. The van der Waals surface area contributed by atoms with Gasteiger partial charge in [0.15, 0.2) is 0 Å². The largest absolute Gasteiger partial charge is 0.446 e. The number of nitrogen functional groups attached to an aromatic ring is 1. The van der Waals surface area contributed by atoms with E-state index in [0.717, 1.165) is 30.5 Å². The average Bonchev–Trinajstić information content (AvgIpc) is 2.49. The molecule has 3 unspecified atom stereocenters. The van der Waals surface area contributed by atoms with Crippen molar-refractivity contribution in [1.82, 2.24) is 5.32 Å². The van der Waals surface area contributed by atoms with Gasteiger partial charge >= 0.3 is 6.09 Å². The lowest BCUT2D eigenvalue weighted by molar-refractivity contribution is 0.00631. The third-order valence-corrected chi connectivity index (χ3v) is 4.88. The summed E-state index contributed by atoms with van der Waals surface area (Å²) in [4.78, 5) is 12.1. The fraction of sp³-hybridized carbons (Fsp3) is 0.632. The zero-order valence-electron chi connectivity index (χ0n) is 14.5. The molecule has 0 aromatic heterocycles. The van der Waals surface area contributed by atoms with Crippen LogP contribution in [-0.4, -0.2) is 18.7 Å². The van der Waals surface area contributed by atoms with E-state index in [9.17, 15) is 4.79 Å². The fourth-order valence-electron chi connectivity index (χ4n) is 3.42. The van der Waals surface area contributed by atoms with Gasteiger partial charge in [-0.2, -0.15) is 0 Å². The third kappa shape index (κ3) is 5.45. The van der Waals surface area contributed by atoms with Crippen molar-refractivity contribution in [3.63, 3.8) is 0 Å². The second kappa shape index (κ2) is 8.23. The molecule has 0 radical (unpaired) electrons. The lowest BCUT2D eigenvalue weighted by Crippen LogP contribution is -2.39. The average molecular weight is 318 g/mol. The van der Waals surface area contributed by atoms with Crippen LogP contribution >= 0.6 is 0 Å². The van der Waals surface area contributed by atoms with Gasteiger partial charge in [0.1, 0.15) is 6.10 Å². The normalized spacial score (nSPS) is 24.4. The van der Waals surface area contributed by atoms with E-state index in [4.69, 9.17) is 10.5 Å². The van der Waals surface area contributed by atoms with E-state index in [-0.39, 0.29) is 12.2 Å². The Hall–Kier alpha value is -1.71. The Bertz CT molecular complexity index is 499. The Labute approximate surface area is 139 Å².